The molecule has 7 nitrogen and oxygen atoms in total. The molecule has 0 saturated carbocycles. The number of benzene rings is 1. The molecule has 2 aliphatic rings. The lowest BCUT2D eigenvalue weighted by Gasteiger charge is -2.34. The third-order valence-corrected chi connectivity index (χ3v) is 4.57. The van der Waals surface area contributed by atoms with E-state index in [2.05, 4.69) is 4.74 Å². The molecule has 1 aromatic carbocycles. The number of fused-ring (bicyclic) bond motifs is 1. The van der Waals surface area contributed by atoms with Crippen molar-refractivity contribution < 1.29 is 28.6 Å². The summed E-state index contributed by atoms with van der Waals surface area (Å²) in [6.07, 6.45) is 3.29. The van der Waals surface area contributed by atoms with Gasteiger partial charge in [0.2, 0.25) is 0 Å². The third-order valence-electron chi connectivity index (χ3n) is 4.57. The predicted molar refractivity (Wildman–Crippen MR) is 93.0 cm³/mol. The summed E-state index contributed by atoms with van der Waals surface area (Å²) in [6, 6.07) is 5.18. The highest BCUT2D eigenvalue weighted by molar-refractivity contribution is 6.01. The minimum atomic E-state index is -0.694. The van der Waals surface area contributed by atoms with Crippen molar-refractivity contribution in [3.8, 4) is 5.75 Å². The first-order valence-electron chi connectivity index (χ1n) is 8.50. The zero-order chi connectivity index (χ0) is 18.7. The van der Waals surface area contributed by atoms with E-state index in [4.69, 9.17) is 9.47 Å². The fraction of sp³-hybridized carbons (Fsp3) is 0.421. The van der Waals surface area contributed by atoms with Crippen LogP contribution in [0.15, 0.2) is 24.3 Å². The van der Waals surface area contributed by atoms with Crippen molar-refractivity contribution in [1.82, 2.24) is 4.90 Å². The van der Waals surface area contributed by atoms with Crippen LogP contribution in [0.1, 0.15) is 35.7 Å². The Balaban J connectivity index is 1.77. The van der Waals surface area contributed by atoms with Gasteiger partial charge in [0.25, 0.3) is 0 Å². The molecule has 1 unspecified atom stereocenters. The number of rotatable bonds is 3. The lowest BCUT2D eigenvalue weighted by atomic mass is 9.88. The second kappa shape index (κ2) is 7.19. The van der Waals surface area contributed by atoms with Crippen molar-refractivity contribution in [2.24, 2.45) is 0 Å². The molecule has 1 aromatic rings. The minimum absolute atomic E-state index is 0.0368. The van der Waals surface area contributed by atoms with Crippen LogP contribution in [-0.4, -0.2) is 55.2 Å². The summed E-state index contributed by atoms with van der Waals surface area (Å²) in [7, 11) is 1.30. The largest absolute Gasteiger partial charge is 0.484 e. The molecule has 0 N–H and O–H groups in total. The van der Waals surface area contributed by atoms with E-state index in [1.165, 1.54) is 13.2 Å². The van der Waals surface area contributed by atoms with E-state index in [9.17, 15) is 14.4 Å². The molecule has 2 aliphatic heterocycles. The molecule has 2 heterocycles. The van der Waals surface area contributed by atoms with Crippen molar-refractivity contribution in [1.29, 1.82) is 0 Å². The summed E-state index contributed by atoms with van der Waals surface area (Å²) in [5.41, 5.74) is 0.499. The van der Waals surface area contributed by atoms with Crippen LogP contribution in [0.2, 0.25) is 0 Å². The number of amides is 1. The minimum Gasteiger partial charge on any atom is -0.484 e. The molecule has 0 bridgehead atoms. The first-order chi connectivity index (χ1) is 12.5. The molecule has 1 fully saturated rings. The van der Waals surface area contributed by atoms with Crippen LogP contribution in [0.5, 0.6) is 5.75 Å². The van der Waals surface area contributed by atoms with Crippen LogP contribution in [0.4, 0.5) is 4.79 Å². The summed E-state index contributed by atoms with van der Waals surface area (Å²) in [6.45, 7) is 2.90. The molecule has 3 rings (SSSR count). The first kappa shape index (κ1) is 18.0. The lowest BCUT2D eigenvalue weighted by molar-refractivity contribution is -0.134. The molecule has 1 atom stereocenters. The molecule has 1 amide bonds. The zero-order valence-corrected chi connectivity index (χ0v) is 14.8. The number of carbonyl (C=O) groups is 3. The predicted octanol–water partition coefficient (Wildman–Crippen LogP) is 2.44. The number of ether oxygens (including phenoxy) is 3. The Kier molecular flexibility index (Phi) is 4.97. The fourth-order valence-electron chi connectivity index (χ4n) is 3.29. The standard InChI is InChI=1S/C19H21NO6/c1-3-25-18(23)20-9-8-19(12-20)11-15(21)14-10-13(4-6-16(14)26-19)5-7-17(22)24-2/h4-7,10H,3,8-9,11-12H2,1-2H3/b7-5+. The van der Waals surface area contributed by atoms with Crippen molar-refractivity contribution in [2.75, 3.05) is 26.8 Å². The third kappa shape index (κ3) is 3.56. The average Bonchev–Trinajstić information content (AvgIpc) is 3.03. The lowest BCUT2D eigenvalue weighted by Crippen LogP contribution is -2.45. The van der Waals surface area contributed by atoms with Crippen molar-refractivity contribution in [3.05, 3.63) is 35.4 Å². The number of hydrogen-bond donors (Lipinski definition) is 0. The number of nitrogens with zero attached hydrogens (tertiary/aromatic N) is 1. The number of likely N-dealkylation sites (tertiary alicyclic amines) is 1. The summed E-state index contributed by atoms with van der Waals surface area (Å²) in [5, 5.41) is 0. The van der Waals surface area contributed by atoms with E-state index in [-0.39, 0.29) is 18.3 Å². The Morgan fingerprint density at radius 1 is 1.38 bits per heavy atom. The monoisotopic (exact) mass is 359 g/mol. The van der Waals surface area contributed by atoms with Crippen LogP contribution in [0.25, 0.3) is 6.08 Å². The van der Waals surface area contributed by atoms with E-state index >= 15 is 0 Å². The van der Waals surface area contributed by atoms with Crippen LogP contribution < -0.4 is 4.74 Å². The number of carbonyl (C=O) groups excluding carboxylic acids is 3. The quantitative estimate of drug-likeness (QED) is 0.609. The van der Waals surface area contributed by atoms with Crippen LogP contribution in [0, 0.1) is 0 Å². The molecule has 26 heavy (non-hydrogen) atoms. The summed E-state index contributed by atoms with van der Waals surface area (Å²) >= 11 is 0. The van der Waals surface area contributed by atoms with Gasteiger partial charge in [0.05, 0.1) is 32.2 Å². The van der Waals surface area contributed by atoms with E-state index in [0.717, 1.165) is 0 Å². The average molecular weight is 359 g/mol. The maximum Gasteiger partial charge on any atom is 0.409 e. The number of methoxy groups -OCH3 is 1. The molecule has 0 radical (unpaired) electrons. The van der Waals surface area contributed by atoms with Gasteiger partial charge in [0, 0.05) is 19.0 Å². The van der Waals surface area contributed by atoms with Gasteiger partial charge in [0.15, 0.2) is 5.78 Å². The smallest absolute Gasteiger partial charge is 0.409 e. The van der Waals surface area contributed by atoms with Gasteiger partial charge in [-0.05, 0) is 30.7 Å². The topological polar surface area (TPSA) is 82.1 Å². The Morgan fingerprint density at radius 3 is 2.92 bits per heavy atom. The maximum absolute atomic E-state index is 12.7. The van der Waals surface area contributed by atoms with Crippen molar-refractivity contribution in [2.45, 2.75) is 25.4 Å². The zero-order valence-electron chi connectivity index (χ0n) is 14.8. The molecule has 1 saturated heterocycles. The van der Waals surface area contributed by atoms with Gasteiger partial charge in [-0.15, -0.1) is 0 Å². The van der Waals surface area contributed by atoms with E-state index < -0.39 is 11.6 Å². The van der Waals surface area contributed by atoms with Crippen LogP contribution in [0.3, 0.4) is 0 Å². The molecular weight excluding hydrogens is 338 g/mol. The highest BCUT2D eigenvalue weighted by Gasteiger charge is 2.47. The normalized spacial score (nSPS) is 21.6. The van der Waals surface area contributed by atoms with E-state index in [1.807, 2.05) is 0 Å². The Labute approximate surface area is 151 Å². The highest BCUT2D eigenvalue weighted by atomic mass is 16.6. The molecule has 0 aliphatic carbocycles. The van der Waals surface area contributed by atoms with Gasteiger partial charge in [-0.3, -0.25) is 4.79 Å². The maximum atomic E-state index is 12.7. The second-order valence-electron chi connectivity index (χ2n) is 6.37. The van der Waals surface area contributed by atoms with Gasteiger partial charge >= 0.3 is 12.1 Å². The molecular formula is C19H21NO6. The highest BCUT2D eigenvalue weighted by Crippen LogP contribution is 2.39. The van der Waals surface area contributed by atoms with Crippen molar-refractivity contribution >= 4 is 23.9 Å². The Bertz CT molecular complexity index is 771. The van der Waals surface area contributed by atoms with E-state index in [0.29, 0.717) is 43.0 Å². The molecule has 7 heteroatoms. The number of Topliss-reactive ketones (excluding diaryl/α,β-unsaturated/α-hetero) is 1. The van der Waals surface area contributed by atoms with Crippen LogP contribution in [-0.2, 0) is 14.3 Å². The van der Waals surface area contributed by atoms with E-state index in [1.54, 1.807) is 36.1 Å². The van der Waals surface area contributed by atoms with Gasteiger partial charge in [-0.25, -0.2) is 9.59 Å². The Hall–Kier alpha value is -2.83. The molecule has 1 spiro atoms. The molecule has 0 aromatic heterocycles. The van der Waals surface area contributed by atoms with Gasteiger partial charge in [-0.1, -0.05) is 6.07 Å². The summed E-state index contributed by atoms with van der Waals surface area (Å²) < 4.78 is 15.7. The van der Waals surface area contributed by atoms with Gasteiger partial charge in [-0.2, -0.15) is 0 Å². The summed E-state index contributed by atoms with van der Waals surface area (Å²) in [5.74, 6) is 0.00159. The number of hydrogen-bond acceptors (Lipinski definition) is 6. The molecule has 138 valence electrons. The summed E-state index contributed by atoms with van der Waals surface area (Å²) in [4.78, 5) is 37.4. The fourth-order valence-corrected chi connectivity index (χ4v) is 3.29. The SMILES string of the molecule is CCOC(=O)N1CCC2(CC(=O)c3cc(/C=C/C(=O)OC)ccc3O2)C1. The van der Waals surface area contributed by atoms with Gasteiger partial charge < -0.3 is 19.1 Å². The van der Waals surface area contributed by atoms with Crippen LogP contribution >= 0.6 is 0 Å². The van der Waals surface area contributed by atoms with Gasteiger partial charge in [0.1, 0.15) is 11.4 Å². The number of esters is 1. The Morgan fingerprint density at radius 2 is 2.19 bits per heavy atom. The van der Waals surface area contributed by atoms with Crippen molar-refractivity contribution in [3.63, 3.8) is 0 Å². The number of ketones is 1. The second-order valence-corrected chi connectivity index (χ2v) is 6.37. The first-order valence-corrected chi connectivity index (χ1v) is 8.50.